The number of carbonyl (C=O) groups is 2. The Bertz CT molecular complexity index is 716. The van der Waals surface area contributed by atoms with E-state index in [1.54, 1.807) is 21.9 Å². The van der Waals surface area contributed by atoms with Crippen LogP contribution in [0.25, 0.3) is 0 Å². The second-order valence-corrected chi connectivity index (χ2v) is 6.25. The number of carbonyl (C=O) groups excluding carboxylic acids is 2. The smallest absolute Gasteiger partial charge is 0.228 e. The van der Waals surface area contributed by atoms with Gasteiger partial charge in [-0.1, -0.05) is 41.9 Å². The number of nitrogens with zero attached hydrogens (tertiary/aromatic N) is 2. The zero-order chi connectivity index (χ0) is 16.9. The van der Waals surface area contributed by atoms with Crippen LogP contribution in [0.2, 0.25) is 5.02 Å². The van der Waals surface area contributed by atoms with Crippen LogP contribution in [0.3, 0.4) is 0 Å². The third-order valence-electron chi connectivity index (χ3n) is 4.18. The molecule has 24 heavy (non-hydrogen) atoms. The van der Waals surface area contributed by atoms with Gasteiger partial charge in [0, 0.05) is 36.8 Å². The minimum Gasteiger partial charge on any atom is -0.340 e. The summed E-state index contributed by atoms with van der Waals surface area (Å²) in [5.41, 5.74) is 1.81. The SMILES string of the molecule is O=C(Cc1ccc(Cl)cc1)N1CCC(=O)N(c2ccccc2)CC1. The summed E-state index contributed by atoms with van der Waals surface area (Å²) in [7, 11) is 0. The number of benzene rings is 2. The molecule has 3 rings (SSSR count). The predicted octanol–water partition coefficient (Wildman–Crippen LogP) is 3.15. The fraction of sp³-hybridized carbons (Fsp3) is 0.263. The highest BCUT2D eigenvalue weighted by atomic mass is 35.5. The summed E-state index contributed by atoms with van der Waals surface area (Å²) in [6, 6.07) is 16.9. The lowest BCUT2D eigenvalue weighted by atomic mass is 10.1. The van der Waals surface area contributed by atoms with Gasteiger partial charge in [0.2, 0.25) is 11.8 Å². The Kier molecular flexibility index (Phi) is 5.16. The first-order valence-electron chi connectivity index (χ1n) is 8.01. The lowest BCUT2D eigenvalue weighted by Crippen LogP contribution is -2.36. The first kappa shape index (κ1) is 16.5. The Balaban J connectivity index is 1.65. The van der Waals surface area contributed by atoms with Crippen molar-refractivity contribution >= 4 is 29.1 Å². The van der Waals surface area contributed by atoms with Crippen LogP contribution in [0, 0.1) is 0 Å². The Morgan fingerprint density at radius 3 is 2.38 bits per heavy atom. The van der Waals surface area contributed by atoms with Crippen LogP contribution in [0.5, 0.6) is 0 Å². The van der Waals surface area contributed by atoms with E-state index in [-0.39, 0.29) is 11.8 Å². The molecule has 0 saturated carbocycles. The number of hydrogen-bond acceptors (Lipinski definition) is 2. The highest BCUT2D eigenvalue weighted by Crippen LogP contribution is 2.17. The molecule has 0 radical (unpaired) electrons. The van der Waals surface area contributed by atoms with E-state index in [9.17, 15) is 9.59 Å². The Morgan fingerprint density at radius 2 is 1.67 bits per heavy atom. The first-order valence-corrected chi connectivity index (χ1v) is 8.39. The maximum absolute atomic E-state index is 12.5. The number of hydrogen-bond donors (Lipinski definition) is 0. The van der Waals surface area contributed by atoms with E-state index in [2.05, 4.69) is 0 Å². The van der Waals surface area contributed by atoms with Crippen molar-refractivity contribution in [2.45, 2.75) is 12.8 Å². The minimum absolute atomic E-state index is 0.0417. The van der Waals surface area contributed by atoms with Gasteiger partial charge in [0.15, 0.2) is 0 Å². The Labute approximate surface area is 146 Å². The highest BCUT2D eigenvalue weighted by Gasteiger charge is 2.24. The summed E-state index contributed by atoms with van der Waals surface area (Å²) in [5, 5.41) is 0.657. The van der Waals surface area contributed by atoms with Gasteiger partial charge >= 0.3 is 0 Å². The van der Waals surface area contributed by atoms with Gasteiger partial charge in [-0.25, -0.2) is 0 Å². The molecule has 2 aromatic rings. The van der Waals surface area contributed by atoms with E-state index < -0.39 is 0 Å². The average molecular weight is 343 g/mol. The van der Waals surface area contributed by atoms with E-state index >= 15 is 0 Å². The van der Waals surface area contributed by atoms with Crippen molar-refractivity contribution in [3.63, 3.8) is 0 Å². The van der Waals surface area contributed by atoms with Crippen molar-refractivity contribution in [3.8, 4) is 0 Å². The molecule has 1 aliphatic rings. The van der Waals surface area contributed by atoms with Gasteiger partial charge < -0.3 is 9.80 Å². The molecule has 0 unspecified atom stereocenters. The molecule has 0 aliphatic carbocycles. The molecule has 0 aromatic heterocycles. The van der Waals surface area contributed by atoms with Gasteiger partial charge in [-0.3, -0.25) is 9.59 Å². The van der Waals surface area contributed by atoms with Crippen LogP contribution in [-0.2, 0) is 16.0 Å². The van der Waals surface area contributed by atoms with Crippen molar-refractivity contribution in [1.82, 2.24) is 4.90 Å². The second kappa shape index (κ2) is 7.49. The zero-order valence-corrected chi connectivity index (χ0v) is 14.1. The van der Waals surface area contributed by atoms with Gasteiger partial charge in [-0.05, 0) is 29.8 Å². The molecule has 4 nitrogen and oxygen atoms in total. The van der Waals surface area contributed by atoms with Crippen molar-refractivity contribution in [3.05, 3.63) is 65.2 Å². The van der Waals surface area contributed by atoms with E-state index in [1.807, 2.05) is 42.5 Å². The molecule has 0 N–H and O–H groups in total. The fourth-order valence-electron chi connectivity index (χ4n) is 2.84. The third kappa shape index (κ3) is 3.95. The van der Waals surface area contributed by atoms with Crippen molar-refractivity contribution in [2.75, 3.05) is 24.5 Å². The number of para-hydroxylation sites is 1. The predicted molar refractivity (Wildman–Crippen MR) is 95.1 cm³/mol. The van der Waals surface area contributed by atoms with E-state index in [1.165, 1.54) is 0 Å². The first-order chi connectivity index (χ1) is 11.6. The molecular weight excluding hydrogens is 324 g/mol. The quantitative estimate of drug-likeness (QED) is 0.859. The number of rotatable bonds is 3. The summed E-state index contributed by atoms with van der Waals surface area (Å²) in [5.74, 6) is 0.100. The molecule has 0 atom stereocenters. The van der Waals surface area contributed by atoms with Crippen molar-refractivity contribution in [2.24, 2.45) is 0 Å². The topological polar surface area (TPSA) is 40.6 Å². The summed E-state index contributed by atoms with van der Waals surface area (Å²) >= 11 is 5.87. The lowest BCUT2D eigenvalue weighted by molar-refractivity contribution is -0.130. The van der Waals surface area contributed by atoms with Gasteiger partial charge in [0.1, 0.15) is 0 Å². The minimum atomic E-state index is 0.0417. The standard InChI is InChI=1S/C19H19ClN2O2/c20-16-8-6-15(7-9-16)14-19(24)21-11-10-18(23)22(13-12-21)17-4-2-1-3-5-17/h1-9H,10-14H2. The van der Waals surface area contributed by atoms with Gasteiger partial charge in [0.25, 0.3) is 0 Å². The second-order valence-electron chi connectivity index (χ2n) is 5.81. The Hall–Kier alpha value is -2.33. The van der Waals surface area contributed by atoms with Crippen LogP contribution in [0.1, 0.15) is 12.0 Å². The Morgan fingerprint density at radius 1 is 0.958 bits per heavy atom. The maximum Gasteiger partial charge on any atom is 0.228 e. The molecule has 1 fully saturated rings. The summed E-state index contributed by atoms with van der Waals surface area (Å²) in [6.07, 6.45) is 0.679. The van der Waals surface area contributed by atoms with Gasteiger partial charge in [-0.2, -0.15) is 0 Å². The van der Waals surface area contributed by atoms with Crippen LogP contribution >= 0.6 is 11.6 Å². The number of halogens is 1. The number of anilines is 1. The van der Waals surface area contributed by atoms with E-state index in [0.29, 0.717) is 37.5 Å². The molecule has 2 aromatic carbocycles. The molecule has 2 amide bonds. The van der Waals surface area contributed by atoms with E-state index in [0.717, 1.165) is 11.3 Å². The number of amides is 2. The van der Waals surface area contributed by atoms with Gasteiger partial charge in [0.05, 0.1) is 6.42 Å². The van der Waals surface area contributed by atoms with Crippen molar-refractivity contribution in [1.29, 1.82) is 0 Å². The molecule has 1 heterocycles. The largest absolute Gasteiger partial charge is 0.340 e. The zero-order valence-electron chi connectivity index (χ0n) is 13.3. The van der Waals surface area contributed by atoms with Gasteiger partial charge in [-0.15, -0.1) is 0 Å². The molecule has 0 spiro atoms. The monoisotopic (exact) mass is 342 g/mol. The summed E-state index contributed by atoms with van der Waals surface area (Å²) in [6.45, 7) is 1.54. The molecule has 0 bridgehead atoms. The maximum atomic E-state index is 12.5. The van der Waals surface area contributed by atoms with Crippen LogP contribution in [-0.4, -0.2) is 36.3 Å². The average Bonchev–Trinajstić information content (AvgIpc) is 2.79. The van der Waals surface area contributed by atoms with Crippen LogP contribution < -0.4 is 4.90 Å². The molecule has 1 aliphatic heterocycles. The lowest BCUT2D eigenvalue weighted by Gasteiger charge is -2.22. The molecular formula is C19H19ClN2O2. The van der Waals surface area contributed by atoms with Crippen LogP contribution in [0.4, 0.5) is 5.69 Å². The molecule has 5 heteroatoms. The third-order valence-corrected chi connectivity index (χ3v) is 4.43. The highest BCUT2D eigenvalue weighted by molar-refractivity contribution is 6.30. The normalized spacial score (nSPS) is 15.3. The molecule has 1 saturated heterocycles. The summed E-state index contributed by atoms with van der Waals surface area (Å²) in [4.78, 5) is 28.4. The molecule has 124 valence electrons. The van der Waals surface area contributed by atoms with E-state index in [4.69, 9.17) is 11.6 Å². The van der Waals surface area contributed by atoms with Crippen molar-refractivity contribution < 1.29 is 9.59 Å². The van der Waals surface area contributed by atoms with Crippen LogP contribution in [0.15, 0.2) is 54.6 Å². The summed E-state index contributed by atoms with van der Waals surface area (Å²) < 4.78 is 0. The fourth-order valence-corrected chi connectivity index (χ4v) is 2.97.